The molecule has 0 radical (unpaired) electrons. The molecule has 0 atom stereocenters. The van der Waals surface area contributed by atoms with Crippen LogP contribution in [-0.4, -0.2) is 14.1 Å². The maximum atomic E-state index is 11.9. The highest BCUT2D eigenvalue weighted by molar-refractivity contribution is 7.08. The Morgan fingerprint density at radius 1 is 1.83 bits per heavy atom. The van der Waals surface area contributed by atoms with Gasteiger partial charge < -0.3 is 4.32 Å². The molecule has 34 valence electrons. The van der Waals surface area contributed by atoms with Crippen LogP contribution in [0.2, 0.25) is 13.1 Å². The molecule has 0 aromatic rings. The Morgan fingerprint density at radius 3 is 2.33 bits per heavy atom. The standard InChI is InChI=1S/C3H9B2F/c1-3-5(6)4-2/h4H,3H2,1-2H3. The van der Waals surface area contributed by atoms with E-state index in [4.69, 9.17) is 0 Å². The topological polar surface area (TPSA) is 0 Å². The number of hydrogen-bond donors (Lipinski definition) is 0. The second-order valence-electron chi connectivity index (χ2n) is 1.41. The van der Waals surface area contributed by atoms with E-state index in [1.165, 1.54) is 0 Å². The second kappa shape index (κ2) is 3.26. The van der Waals surface area contributed by atoms with E-state index in [-0.39, 0.29) is 0 Å². The average Bonchev–Trinajstić information content (AvgIpc) is 1.65. The van der Waals surface area contributed by atoms with Crippen LogP contribution < -0.4 is 0 Å². The van der Waals surface area contributed by atoms with E-state index in [0.717, 1.165) is 0 Å². The Hall–Kier alpha value is 0.0599. The van der Waals surface area contributed by atoms with E-state index < -0.39 is 6.88 Å². The average molecular weight is 85.7 g/mol. The van der Waals surface area contributed by atoms with E-state index in [0.29, 0.717) is 13.5 Å². The smallest absolute Gasteiger partial charge is 0.305 e. The predicted octanol–water partition coefficient (Wildman–Crippen LogP) is 0.949. The third-order valence-electron chi connectivity index (χ3n) is 0.886. The molecule has 0 N–H and O–H groups in total. The summed E-state index contributed by atoms with van der Waals surface area (Å²) in [4.78, 5) is 0. The Labute approximate surface area is 39.5 Å². The first-order valence-electron chi connectivity index (χ1n) is 2.45. The zero-order valence-corrected chi connectivity index (χ0v) is 4.37. The van der Waals surface area contributed by atoms with Crippen molar-refractivity contribution in [1.29, 1.82) is 0 Å². The maximum Gasteiger partial charge on any atom is 0.305 e. The first-order chi connectivity index (χ1) is 2.81. The predicted molar refractivity (Wildman–Crippen MR) is 30.4 cm³/mol. The van der Waals surface area contributed by atoms with Crippen LogP contribution in [0.4, 0.5) is 4.32 Å². The molecule has 0 amide bonds. The molecule has 0 saturated carbocycles. The molecule has 0 rings (SSSR count). The lowest BCUT2D eigenvalue weighted by molar-refractivity contribution is 0.850. The fourth-order valence-corrected chi connectivity index (χ4v) is 0.289. The van der Waals surface area contributed by atoms with Crippen LogP contribution in [0, 0.1) is 0 Å². The first-order valence-corrected chi connectivity index (χ1v) is 2.45. The lowest BCUT2D eigenvalue weighted by Crippen LogP contribution is -2.09. The highest BCUT2D eigenvalue weighted by Crippen LogP contribution is 1.86. The molecule has 6 heavy (non-hydrogen) atoms. The SMILES string of the molecule is CBB(F)CC. The fourth-order valence-electron chi connectivity index (χ4n) is 0.289. The molecule has 0 aliphatic rings. The Balaban J connectivity index is 2.75. The van der Waals surface area contributed by atoms with Crippen molar-refractivity contribution < 1.29 is 4.32 Å². The zero-order chi connectivity index (χ0) is 4.99. The van der Waals surface area contributed by atoms with Crippen LogP contribution in [-0.2, 0) is 0 Å². The zero-order valence-electron chi connectivity index (χ0n) is 4.37. The maximum absolute atomic E-state index is 11.9. The van der Waals surface area contributed by atoms with Crippen LogP contribution in [0.1, 0.15) is 6.92 Å². The van der Waals surface area contributed by atoms with E-state index in [9.17, 15) is 4.32 Å². The van der Waals surface area contributed by atoms with Crippen LogP contribution in [0.3, 0.4) is 0 Å². The highest BCUT2D eigenvalue weighted by atomic mass is 19.1. The van der Waals surface area contributed by atoms with E-state index in [2.05, 4.69) is 0 Å². The fraction of sp³-hybridized carbons (Fsp3) is 1.00. The minimum absolute atomic E-state index is 0.565. The molecule has 0 aromatic heterocycles. The molecule has 0 spiro atoms. The van der Waals surface area contributed by atoms with E-state index in [1.54, 1.807) is 0 Å². The monoisotopic (exact) mass is 86.1 g/mol. The van der Waals surface area contributed by atoms with Crippen molar-refractivity contribution in [2.24, 2.45) is 0 Å². The number of hydrogen-bond acceptors (Lipinski definition) is 0. The van der Waals surface area contributed by atoms with Crippen molar-refractivity contribution in [3.63, 3.8) is 0 Å². The molecule has 3 heteroatoms. The van der Waals surface area contributed by atoms with Gasteiger partial charge in [-0.2, -0.15) is 0 Å². The minimum Gasteiger partial charge on any atom is -0.347 e. The largest absolute Gasteiger partial charge is 0.347 e. The van der Waals surface area contributed by atoms with Gasteiger partial charge in [0.1, 0.15) is 7.17 Å². The molecule has 0 aliphatic carbocycles. The molecular weight excluding hydrogens is 76.7 g/mol. The summed E-state index contributed by atoms with van der Waals surface area (Å²) < 4.78 is 11.9. The summed E-state index contributed by atoms with van der Waals surface area (Å²) in [7, 11) is 0.663. The van der Waals surface area contributed by atoms with Crippen LogP contribution in [0.25, 0.3) is 0 Å². The third kappa shape index (κ3) is 2.31. The summed E-state index contributed by atoms with van der Waals surface area (Å²) >= 11 is 0. The summed E-state index contributed by atoms with van der Waals surface area (Å²) in [5, 5.41) is 0. The van der Waals surface area contributed by atoms with Gasteiger partial charge in [0.2, 0.25) is 0 Å². The number of halogens is 1. The van der Waals surface area contributed by atoms with Crippen molar-refractivity contribution in [1.82, 2.24) is 0 Å². The minimum atomic E-state index is -0.565. The second-order valence-corrected chi connectivity index (χ2v) is 1.41. The summed E-state index contributed by atoms with van der Waals surface area (Å²) in [5.74, 6) is 0. The van der Waals surface area contributed by atoms with Gasteiger partial charge in [0.05, 0.1) is 0 Å². The molecular formula is C3H9B2F. The molecule has 0 aromatic carbocycles. The summed E-state index contributed by atoms with van der Waals surface area (Å²) in [6, 6.07) is 0. The van der Waals surface area contributed by atoms with Crippen molar-refractivity contribution in [3.8, 4) is 0 Å². The third-order valence-corrected chi connectivity index (χ3v) is 0.886. The number of rotatable bonds is 2. The lowest BCUT2D eigenvalue weighted by atomic mass is 9.35. The van der Waals surface area contributed by atoms with E-state index in [1.807, 2.05) is 13.7 Å². The Morgan fingerprint density at radius 2 is 2.33 bits per heavy atom. The summed E-state index contributed by atoms with van der Waals surface area (Å²) in [6.45, 7) is 3.15. The quantitative estimate of drug-likeness (QED) is 0.438. The van der Waals surface area contributed by atoms with Gasteiger partial charge in [0, 0.05) is 0 Å². The molecule has 0 nitrogen and oxygen atoms in total. The van der Waals surface area contributed by atoms with Gasteiger partial charge in [-0.25, -0.2) is 0 Å². The highest BCUT2D eigenvalue weighted by Gasteiger charge is 2.04. The van der Waals surface area contributed by atoms with Crippen LogP contribution in [0.15, 0.2) is 0 Å². The first kappa shape index (κ1) is 6.06. The van der Waals surface area contributed by atoms with Gasteiger partial charge in [-0.1, -0.05) is 20.1 Å². The van der Waals surface area contributed by atoms with Gasteiger partial charge in [-0.3, -0.25) is 0 Å². The normalized spacial score (nSPS) is 7.83. The molecule has 0 fully saturated rings. The van der Waals surface area contributed by atoms with Crippen molar-refractivity contribution >= 4 is 14.1 Å². The van der Waals surface area contributed by atoms with E-state index >= 15 is 0 Å². The van der Waals surface area contributed by atoms with Crippen LogP contribution >= 0.6 is 0 Å². The van der Waals surface area contributed by atoms with Crippen molar-refractivity contribution in [2.45, 2.75) is 20.1 Å². The molecule has 0 heterocycles. The summed E-state index contributed by atoms with van der Waals surface area (Å²) in [6.07, 6.45) is 0.663. The molecule has 0 bridgehead atoms. The van der Waals surface area contributed by atoms with Gasteiger partial charge in [0.15, 0.2) is 0 Å². The Kier molecular flexibility index (Phi) is 3.29. The van der Waals surface area contributed by atoms with Gasteiger partial charge in [-0.05, 0) is 0 Å². The molecule has 0 aliphatic heterocycles. The van der Waals surface area contributed by atoms with Crippen molar-refractivity contribution in [3.05, 3.63) is 0 Å². The van der Waals surface area contributed by atoms with Gasteiger partial charge in [0.25, 0.3) is 0 Å². The lowest BCUT2D eigenvalue weighted by Gasteiger charge is -1.86. The van der Waals surface area contributed by atoms with Crippen molar-refractivity contribution in [2.75, 3.05) is 0 Å². The summed E-state index contributed by atoms with van der Waals surface area (Å²) in [5.41, 5.74) is 0. The van der Waals surface area contributed by atoms with Gasteiger partial charge in [-0.15, -0.1) is 0 Å². The molecule has 0 unspecified atom stereocenters. The van der Waals surface area contributed by atoms with Gasteiger partial charge >= 0.3 is 6.88 Å². The van der Waals surface area contributed by atoms with Crippen LogP contribution in [0.5, 0.6) is 0 Å². The Bertz CT molecular complexity index is 28.0. The molecule has 0 saturated heterocycles.